The largest absolute Gasteiger partial charge is 0.330 e. The van der Waals surface area contributed by atoms with Crippen LogP contribution in [0.2, 0.25) is 0 Å². The second-order valence-corrected chi connectivity index (χ2v) is 3.07. The van der Waals surface area contributed by atoms with Crippen molar-refractivity contribution in [3.63, 3.8) is 0 Å². The van der Waals surface area contributed by atoms with Gasteiger partial charge in [-0.05, 0) is 0 Å². The van der Waals surface area contributed by atoms with Crippen molar-refractivity contribution in [2.75, 3.05) is 13.1 Å². The minimum Gasteiger partial charge on any atom is -0.330 e. The topological polar surface area (TPSA) is 20.3 Å². The van der Waals surface area contributed by atoms with Crippen molar-refractivity contribution >= 4 is 18.5 Å². The van der Waals surface area contributed by atoms with Gasteiger partial charge < -0.3 is 4.90 Å². The molecule has 1 heterocycles. The van der Waals surface area contributed by atoms with E-state index >= 15 is 0 Å². The molecule has 1 rings (SSSR count). The number of rotatable bonds is 1. The average molecular weight is 155 g/mol. The van der Waals surface area contributed by atoms with Crippen LogP contribution in [0.15, 0.2) is 0 Å². The maximum atomic E-state index is 11.0. The lowest BCUT2D eigenvalue weighted by atomic mass is 10.4. The van der Waals surface area contributed by atoms with Crippen molar-refractivity contribution < 1.29 is 4.79 Å². The predicted molar refractivity (Wildman–Crippen MR) is 42.8 cm³/mol. The fourth-order valence-corrected chi connectivity index (χ4v) is 1.37. The second-order valence-electron chi connectivity index (χ2n) is 2.34. The minimum absolute atomic E-state index is 0.123. The fourth-order valence-electron chi connectivity index (χ4n) is 1.01. The third kappa shape index (κ3) is 1.45. The Kier molecular flexibility index (Phi) is 2.23. The molecule has 1 aliphatic rings. The molecule has 0 aliphatic carbocycles. The van der Waals surface area contributed by atoms with Crippen LogP contribution in [0.25, 0.3) is 0 Å². The highest BCUT2D eigenvalue weighted by Crippen LogP contribution is 2.14. The molecule has 0 aromatic carbocycles. The molecule has 2 nitrogen and oxygen atoms in total. The molecule has 1 aliphatic heterocycles. The molecule has 0 aromatic heterocycles. The first-order valence-corrected chi connectivity index (χ1v) is 3.65. The molecule has 1 fully saturated rings. The third-order valence-corrected chi connectivity index (χ3v) is 1.82. The Hall–Kier alpha value is -0.620. The summed E-state index contributed by atoms with van der Waals surface area (Å²) in [6.45, 7) is 1.13. The number of thiol groups is 1. The molecule has 1 unspecified atom stereocenters. The van der Waals surface area contributed by atoms with E-state index in [1.807, 2.05) is 0 Å². The second kappa shape index (κ2) is 2.98. The zero-order valence-electron chi connectivity index (χ0n) is 5.58. The van der Waals surface area contributed by atoms with E-state index in [0.29, 0.717) is 19.5 Å². The lowest BCUT2D eigenvalue weighted by Gasteiger charge is -2.10. The maximum absolute atomic E-state index is 11.0. The van der Waals surface area contributed by atoms with E-state index < -0.39 is 0 Å². The summed E-state index contributed by atoms with van der Waals surface area (Å²) < 4.78 is 0. The summed E-state index contributed by atoms with van der Waals surface area (Å²) in [5, 5.41) is 0.181. The summed E-state index contributed by atoms with van der Waals surface area (Å²) in [6, 6.07) is 0. The van der Waals surface area contributed by atoms with Crippen molar-refractivity contribution in [2.24, 2.45) is 0 Å². The van der Waals surface area contributed by atoms with Crippen LogP contribution in [0.3, 0.4) is 0 Å². The van der Waals surface area contributed by atoms with Gasteiger partial charge in [0.15, 0.2) is 0 Å². The van der Waals surface area contributed by atoms with E-state index in [9.17, 15) is 4.79 Å². The number of nitrogens with zero attached hydrogens (tertiary/aromatic N) is 1. The maximum Gasteiger partial charge on any atom is 0.224 e. The molecule has 0 bridgehead atoms. The zero-order valence-corrected chi connectivity index (χ0v) is 6.47. The number of carbonyl (C=O) groups is 1. The fraction of sp³-hybridized carbons (Fsp3) is 0.571. The Bertz CT molecular complexity index is 185. The molecule has 0 radical (unpaired) electrons. The molecule has 0 aromatic rings. The molecule has 54 valence electrons. The van der Waals surface area contributed by atoms with Crippen molar-refractivity contribution in [1.29, 1.82) is 0 Å². The molecule has 0 spiro atoms. The van der Waals surface area contributed by atoms with Gasteiger partial charge in [0.2, 0.25) is 5.91 Å². The van der Waals surface area contributed by atoms with Crippen molar-refractivity contribution in [3.8, 4) is 12.3 Å². The third-order valence-electron chi connectivity index (χ3n) is 1.48. The number of terminal acetylenes is 1. The molecule has 1 amide bonds. The lowest BCUT2D eigenvalue weighted by Crippen LogP contribution is -2.25. The van der Waals surface area contributed by atoms with Gasteiger partial charge in [-0.25, -0.2) is 0 Å². The molecule has 1 atom stereocenters. The quantitative estimate of drug-likeness (QED) is 0.422. The van der Waals surface area contributed by atoms with E-state index in [1.165, 1.54) is 0 Å². The lowest BCUT2D eigenvalue weighted by molar-refractivity contribution is -0.127. The summed E-state index contributed by atoms with van der Waals surface area (Å²) >= 11 is 4.17. The molecule has 0 N–H and O–H groups in total. The van der Waals surface area contributed by atoms with Gasteiger partial charge in [0, 0.05) is 18.2 Å². The van der Waals surface area contributed by atoms with Gasteiger partial charge in [0.1, 0.15) is 0 Å². The molecular weight excluding hydrogens is 146 g/mol. The first-order chi connectivity index (χ1) is 4.74. The number of carbonyl (C=O) groups excluding carboxylic acids is 1. The van der Waals surface area contributed by atoms with E-state index in [0.717, 1.165) is 0 Å². The zero-order chi connectivity index (χ0) is 7.56. The van der Waals surface area contributed by atoms with Crippen molar-refractivity contribution in [2.45, 2.75) is 11.7 Å². The Morgan fingerprint density at radius 2 is 2.60 bits per heavy atom. The van der Waals surface area contributed by atoms with Gasteiger partial charge in [-0.15, -0.1) is 6.42 Å². The van der Waals surface area contributed by atoms with Gasteiger partial charge in [0.05, 0.1) is 6.54 Å². The molecular formula is C7H9NOS. The van der Waals surface area contributed by atoms with Crippen LogP contribution >= 0.6 is 12.6 Å². The van der Waals surface area contributed by atoms with E-state index in [4.69, 9.17) is 6.42 Å². The van der Waals surface area contributed by atoms with Crippen molar-refractivity contribution in [1.82, 2.24) is 4.90 Å². The van der Waals surface area contributed by atoms with Crippen LogP contribution in [0.1, 0.15) is 6.42 Å². The first kappa shape index (κ1) is 7.49. The van der Waals surface area contributed by atoms with Crippen LogP contribution < -0.4 is 0 Å². The molecule has 0 saturated carbocycles. The van der Waals surface area contributed by atoms with E-state index in [-0.39, 0.29) is 11.2 Å². The summed E-state index contributed by atoms with van der Waals surface area (Å²) in [5.74, 6) is 2.55. The highest BCUT2D eigenvalue weighted by atomic mass is 32.1. The highest BCUT2D eigenvalue weighted by Gasteiger charge is 2.25. The standard InChI is InChI=1S/C7H9NOS/c1-2-3-8-5-6(10)4-7(8)9/h1,6,10H,3-5H2. The van der Waals surface area contributed by atoms with Gasteiger partial charge in [-0.3, -0.25) is 4.79 Å². The Morgan fingerprint density at radius 3 is 3.00 bits per heavy atom. The Balaban J connectivity index is 2.48. The van der Waals surface area contributed by atoms with Crippen LogP contribution in [-0.4, -0.2) is 29.1 Å². The number of hydrogen-bond acceptors (Lipinski definition) is 2. The SMILES string of the molecule is C#CCN1CC(S)CC1=O. The van der Waals surface area contributed by atoms with Crippen LogP contribution in [0.4, 0.5) is 0 Å². The minimum atomic E-state index is 0.123. The average Bonchev–Trinajstić information content (AvgIpc) is 2.13. The number of amides is 1. The Morgan fingerprint density at radius 1 is 1.90 bits per heavy atom. The smallest absolute Gasteiger partial charge is 0.224 e. The first-order valence-electron chi connectivity index (χ1n) is 3.13. The van der Waals surface area contributed by atoms with Gasteiger partial charge in [0.25, 0.3) is 0 Å². The van der Waals surface area contributed by atoms with Crippen LogP contribution in [0.5, 0.6) is 0 Å². The number of likely N-dealkylation sites (tertiary alicyclic amines) is 1. The molecule has 10 heavy (non-hydrogen) atoms. The van der Waals surface area contributed by atoms with E-state index in [2.05, 4.69) is 18.5 Å². The van der Waals surface area contributed by atoms with Gasteiger partial charge >= 0.3 is 0 Å². The Labute approximate surface area is 66.0 Å². The van der Waals surface area contributed by atoms with Crippen LogP contribution in [0, 0.1) is 12.3 Å². The van der Waals surface area contributed by atoms with Crippen molar-refractivity contribution in [3.05, 3.63) is 0 Å². The predicted octanol–water partition coefficient (Wildman–Crippen LogP) is 0.150. The molecule has 1 saturated heterocycles. The van der Waals surface area contributed by atoms with E-state index in [1.54, 1.807) is 4.90 Å². The summed E-state index contributed by atoms with van der Waals surface area (Å²) in [4.78, 5) is 12.6. The number of hydrogen-bond donors (Lipinski definition) is 1. The highest BCUT2D eigenvalue weighted by molar-refractivity contribution is 7.81. The summed E-state index contributed by atoms with van der Waals surface area (Å²) in [6.07, 6.45) is 5.58. The molecule has 3 heteroatoms. The normalized spacial score (nSPS) is 25.0. The summed E-state index contributed by atoms with van der Waals surface area (Å²) in [7, 11) is 0. The van der Waals surface area contributed by atoms with Gasteiger partial charge in [-0.2, -0.15) is 12.6 Å². The van der Waals surface area contributed by atoms with Crippen LogP contribution in [-0.2, 0) is 4.79 Å². The monoisotopic (exact) mass is 155 g/mol. The summed E-state index contributed by atoms with van der Waals surface area (Å²) in [5.41, 5.74) is 0. The van der Waals surface area contributed by atoms with Gasteiger partial charge in [-0.1, -0.05) is 5.92 Å².